The monoisotopic (exact) mass is 358 g/mol. The Morgan fingerprint density at radius 1 is 0.920 bits per heavy atom. The summed E-state index contributed by atoms with van der Waals surface area (Å²) >= 11 is 0. The van der Waals surface area contributed by atoms with Crippen molar-refractivity contribution in [3.05, 3.63) is 65.7 Å². The Morgan fingerprint density at radius 2 is 1.48 bits per heavy atom. The Morgan fingerprint density at radius 3 is 2.04 bits per heavy atom. The quantitative estimate of drug-likeness (QED) is 0.841. The molecule has 0 N–H and O–H groups in total. The second-order valence-electron chi connectivity index (χ2n) is 7.00. The van der Waals surface area contributed by atoms with Gasteiger partial charge >= 0.3 is 0 Å². The summed E-state index contributed by atoms with van der Waals surface area (Å²) in [6.07, 6.45) is 0. The van der Waals surface area contributed by atoms with Crippen LogP contribution in [0.2, 0.25) is 0 Å². The predicted octanol–water partition coefficient (Wildman–Crippen LogP) is 3.42. The molecule has 1 aliphatic heterocycles. The molecule has 0 radical (unpaired) electrons. The van der Waals surface area contributed by atoms with Crippen molar-refractivity contribution in [2.45, 2.75) is 38.6 Å². The van der Waals surface area contributed by atoms with Crippen molar-refractivity contribution in [3.63, 3.8) is 0 Å². The van der Waals surface area contributed by atoms with E-state index in [1.165, 1.54) is 0 Å². The zero-order chi connectivity index (χ0) is 18.0. The highest BCUT2D eigenvalue weighted by atomic mass is 32.2. The Balaban J connectivity index is 1.75. The van der Waals surface area contributed by atoms with Crippen molar-refractivity contribution >= 4 is 15.7 Å². The van der Waals surface area contributed by atoms with E-state index in [0.29, 0.717) is 13.1 Å². The third kappa shape index (κ3) is 4.05. The topological polar surface area (TPSA) is 40.6 Å². The van der Waals surface area contributed by atoms with Crippen LogP contribution in [-0.4, -0.2) is 37.9 Å². The molecule has 1 fully saturated rings. The smallest absolute Gasteiger partial charge is 0.218 e. The van der Waals surface area contributed by atoms with Crippen LogP contribution in [0, 0.1) is 6.92 Å². The second-order valence-corrected chi connectivity index (χ2v) is 8.97. The van der Waals surface area contributed by atoms with Gasteiger partial charge in [-0.3, -0.25) is 0 Å². The van der Waals surface area contributed by atoms with E-state index < -0.39 is 10.0 Å². The molecule has 3 rings (SSSR count). The SMILES string of the molecule is Cc1ccc(CS(=O)(=O)N2CC(C)N(c3ccccc3)C(C)C2)cc1. The van der Waals surface area contributed by atoms with Crippen LogP contribution in [0.1, 0.15) is 25.0 Å². The maximum atomic E-state index is 12.9. The zero-order valence-electron chi connectivity index (χ0n) is 15.1. The van der Waals surface area contributed by atoms with Crippen molar-refractivity contribution in [3.8, 4) is 0 Å². The summed E-state index contributed by atoms with van der Waals surface area (Å²) in [5.74, 6) is 0.0675. The first-order chi connectivity index (χ1) is 11.9. The van der Waals surface area contributed by atoms with Crippen LogP contribution < -0.4 is 4.90 Å². The fourth-order valence-corrected chi connectivity index (χ4v) is 5.28. The highest BCUT2D eigenvalue weighted by Crippen LogP contribution is 2.26. The summed E-state index contributed by atoms with van der Waals surface area (Å²) < 4.78 is 27.4. The van der Waals surface area contributed by atoms with Gasteiger partial charge in [0.15, 0.2) is 0 Å². The van der Waals surface area contributed by atoms with Gasteiger partial charge < -0.3 is 4.90 Å². The molecule has 2 unspecified atom stereocenters. The van der Waals surface area contributed by atoms with Crippen LogP contribution in [-0.2, 0) is 15.8 Å². The van der Waals surface area contributed by atoms with E-state index >= 15 is 0 Å². The van der Waals surface area contributed by atoms with Crippen LogP contribution in [0.5, 0.6) is 0 Å². The van der Waals surface area contributed by atoms with Gasteiger partial charge in [-0.25, -0.2) is 8.42 Å². The van der Waals surface area contributed by atoms with E-state index in [1.54, 1.807) is 4.31 Å². The molecule has 0 spiro atoms. The molecule has 0 aliphatic carbocycles. The summed E-state index contributed by atoms with van der Waals surface area (Å²) in [5.41, 5.74) is 3.13. The zero-order valence-corrected chi connectivity index (χ0v) is 15.9. The number of hydrogen-bond donors (Lipinski definition) is 0. The minimum absolute atomic E-state index is 0.0675. The number of rotatable bonds is 4. The third-order valence-electron chi connectivity index (χ3n) is 4.80. The molecule has 0 aromatic heterocycles. The summed E-state index contributed by atoms with van der Waals surface area (Å²) in [6.45, 7) is 7.24. The normalized spacial score (nSPS) is 22.1. The number of sulfonamides is 1. The number of piperazine rings is 1. The molecule has 134 valence electrons. The van der Waals surface area contributed by atoms with Crippen LogP contribution in [0.15, 0.2) is 54.6 Å². The van der Waals surface area contributed by atoms with Crippen molar-refractivity contribution in [1.82, 2.24) is 4.31 Å². The Bertz CT molecular complexity index is 791. The first-order valence-corrected chi connectivity index (χ1v) is 10.3. The number of anilines is 1. The number of para-hydroxylation sites is 1. The van der Waals surface area contributed by atoms with Crippen LogP contribution >= 0.6 is 0 Å². The van der Waals surface area contributed by atoms with Crippen LogP contribution in [0.3, 0.4) is 0 Å². The van der Waals surface area contributed by atoms with Gasteiger partial charge in [-0.2, -0.15) is 4.31 Å². The van der Waals surface area contributed by atoms with E-state index in [1.807, 2.05) is 49.4 Å². The maximum absolute atomic E-state index is 12.9. The molecule has 4 nitrogen and oxygen atoms in total. The van der Waals surface area contributed by atoms with Crippen molar-refractivity contribution in [1.29, 1.82) is 0 Å². The molecule has 0 amide bonds. The van der Waals surface area contributed by atoms with Gasteiger partial charge in [-0.1, -0.05) is 48.0 Å². The molecule has 1 saturated heterocycles. The largest absolute Gasteiger partial charge is 0.363 e. The number of hydrogen-bond acceptors (Lipinski definition) is 3. The van der Waals surface area contributed by atoms with Crippen molar-refractivity contribution in [2.75, 3.05) is 18.0 Å². The van der Waals surface area contributed by atoms with Gasteiger partial charge in [0.2, 0.25) is 10.0 Å². The lowest BCUT2D eigenvalue weighted by atomic mass is 10.1. The van der Waals surface area contributed by atoms with Gasteiger partial charge in [-0.15, -0.1) is 0 Å². The van der Waals surface area contributed by atoms with Gasteiger partial charge in [-0.05, 0) is 38.5 Å². The Kier molecular flexibility index (Phi) is 5.16. The lowest BCUT2D eigenvalue weighted by molar-refractivity contribution is 0.301. The third-order valence-corrected chi connectivity index (χ3v) is 6.59. The van der Waals surface area contributed by atoms with Gasteiger partial charge in [0, 0.05) is 30.9 Å². The van der Waals surface area contributed by atoms with Crippen LogP contribution in [0.4, 0.5) is 5.69 Å². The fourth-order valence-electron chi connectivity index (χ4n) is 3.60. The molecule has 2 aromatic rings. The van der Waals surface area contributed by atoms with E-state index in [9.17, 15) is 8.42 Å². The van der Waals surface area contributed by atoms with Crippen molar-refractivity contribution < 1.29 is 8.42 Å². The Labute approximate surface area is 151 Å². The standard InChI is InChI=1S/C20H26N2O2S/c1-16-9-11-19(12-10-16)15-25(23,24)21-13-17(2)22(18(3)14-21)20-7-5-4-6-8-20/h4-12,17-18H,13-15H2,1-3H3. The molecular formula is C20H26N2O2S. The summed E-state index contributed by atoms with van der Waals surface area (Å²) in [7, 11) is -3.31. The molecule has 1 heterocycles. The lowest BCUT2D eigenvalue weighted by Gasteiger charge is -2.45. The van der Waals surface area contributed by atoms with E-state index in [0.717, 1.165) is 16.8 Å². The predicted molar refractivity (Wildman–Crippen MR) is 103 cm³/mol. The van der Waals surface area contributed by atoms with E-state index in [-0.39, 0.29) is 17.8 Å². The summed E-state index contributed by atoms with van der Waals surface area (Å²) in [6, 6.07) is 18.2. The maximum Gasteiger partial charge on any atom is 0.218 e. The molecule has 0 bridgehead atoms. The van der Waals surface area contributed by atoms with Gasteiger partial charge in [0.25, 0.3) is 0 Å². The molecule has 1 aliphatic rings. The average molecular weight is 359 g/mol. The van der Waals surface area contributed by atoms with Crippen molar-refractivity contribution in [2.24, 2.45) is 0 Å². The van der Waals surface area contributed by atoms with E-state index in [4.69, 9.17) is 0 Å². The van der Waals surface area contributed by atoms with Crippen LogP contribution in [0.25, 0.3) is 0 Å². The molecule has 0 saturated carbocycles. The Hall–Kier alpha value is -1.85. The second kappa shape index (κ2) is 7.18. The average Bonchev–Trinajstić information content (AvgIpc) is 2.57. The highest BCUT2D eigenvalue weighted by Gasteiger charge is 2.35. The van der Waals surface area contributed by atoms with E-state index in [2.05, 4.69) is 30.9 Å². The molecular weight excluding hydrogens is 332 g/mol. The fraction of sp³-hybridized carbons (Fsp3) is 0.400. The first kappa shape index (κ1) is 18.0. The summed E-state index contributed by atoms with van der Waals surface area (Å²) in [5, 5.41) is 0. The lowest BCUT2D eigenvalue weighted by Crippen LogP contribution is -2.58. The molecule has 2 atom stereocenters. The molecule has 25 heavy (non-hydrogen) atoms. The number of benzene rings is 2. The molecule has 5 heteroatoms. The minimum atomic E-state index is -3.31. The highest BCUT2D eigenvalue weighted by molar-refractivity contribution is 7.88. The minimum Gasteiger partial charge on any atom is -0.363 e. The number of nitrogens with zero attached hydrogens (tertiary/aromatic N) is 2. The molecule has 2 aromatic carbocycles. The summed E-state index contributed by atoms with van der Waals surface area (Å²) in [4.78, 5) is 2.32. The van der Waals surface area contributed by atoms with Gasteiger partial charge in [0.05, 0.1) is 5.75 Å². The van der Waals surface area contributed by atoms with Gasteiger partial charge in [0.1, 0.15) is 0 Å². The first-order valence-electron chi connectivity index (χ1n) is 8.73. The number of aryl methyl sites for hydroxylation is 1.